The Morgan fingerprint density at radius 3 is 2.25 bits per heavy atom. The maximum Gasteiger partial charge on any atom is 0.228 e. The predicted octanol–water partition coefficient (Wildman–Crippen LogP) is 5.48. The summed E-state index contributed by atoms with van der Waals surface area (Å²) in [5.74, 6) is 1.82. The third-order valence-electron chi connectivity index (χ3n) is 4.75. The van der Waals surface area contributed by atoms with Crippen LogP contribution in [-0.2, 0) is 4.43 Å². The standard InChI is InChI=1S/C17H28OSi2/c1-19(2,3)20(4,5)18-17-13-9-12-16(14-17)15-10-7-6-8-11-15/h6-8,10-11,14,16H,9,12-13H2,1-5H3/t16-/m0/s1. The molecule has 0 unspecified atom stereocenters. The summed E-state index contributed by atoms with van der Waals surface area (Å²) in [6.45, 7) is 12.1. The molecule has 110 valence electrons. The summed E-state index contributed by atoms with van der Waals surface area (Å²) in [4.78, 5) is 0. The van der Waals surface area contributed by atoms with E-state index in [-0.39, 0.29) is 0 Å². The molecule has 0 spiro atoms. The van der Waals surface area contributed by atoms with Gasteiger partial charge in [-0.3, -0.25) is 0 Å². The molecule has 0 aliphatic heterocycles. The first-order valence-electron chi connectivity index (χ1n) is 7.74. The van der Waals surface area contributed by atoms with Crippen molar-refractivity contribution < 1.29 is 4.43 Å². The molecule has 1 aliphatic rings. The highest BCUT2D eigenvalue weighted by Gasteiger charge is 2.41. The van der Waals surface area contributed by atoms with Crippen LogP contribution >= 0.6 is 0 Å². The van der Waals surface area contributed by atoms with E-state index in [0.717, 1.165) is 6.42 Å². The first-order valence-corrected chi connectivity index (χ1v) is 15.1. The molecule has 0 radical (unpaired) electrons. The molecule has 0 saturated carbocycles. The molecule has 1 atom stereocenters. The van der Waals surface area contributed by atoms with Crippen LogP contribution in [0, 0.1) is 0 Å². The second-order valence-corrected chi connectivity index (χ2v) is 23.2. The van der Waals surface area contributed by atoms with Gasteiger partial charge in [0.2, 0.25) is 7.83 Å². The minimum Gasteiger partial charge on any atom is -0.550 e. The lowest BCUT2D eigenvalue weighted by Gasteiger charge is -2.37. The summed E-state index contributed by atoms with van der Waals surface area (Å²) >= 11 is 0. The van der Waals surface area contributed by atoms with Crippen LogP contribution in [-0.4, -0.2) is 15.4 Å². The number of hydrogen-bond acceptors (Lipinski definition) is 1. The Kier molecular flexibility index (Phi) is 4.60. The van der Waals surface area contributed by atoms with E-state index in [2.05, 4.69) is 69.1 Å². The van der Waals surface area contributed by atoms with Gasteiger partial charge >= 0.3 is 0 Å². The Balaban J connectivity index is 2.15. The maximum atomic E-state index is 6.56. The molecule has 1 aliphatic carbocycles. The van der Waals surface area contributed by atoms with Gasteiger partial charge in [0, 0.05) is 12.3 Å². The van der Waals surface area contributed by atoms with Crippen molar-refractivity contribution in [3.8, 4) is 0 Å². The molecular formula is C17H28OSi2. The van der Waals surface area contributed by atoms with Gasteiger partial charge in [0.25, 0.3) is 0 Å². The minimum atomic E-state index is -1.55. The summed E-state index contributed by atoms with van der Waals surface area (Å²) in [5, 5.41) is 0. The molecule has 0 saturated heterocycles. The summed E-state index contributed by atoms with van der Waals surface area (Å²) in [7, 11) is -2.75. The highest BCUT2D eigenvalue weighted by molar-refractivity contribution is 7.37. The molecule has 2 rings (SSSR count). The van der Waals surface area contributed by atoms with E-state index < -0.39 is 15.4 Å². The summed E-state index contributed by atoms with van der Waals surface area (Å²) in [6.07, 6.45) is 6.03. The average molecular weight is 305 g/mol. The van der Waals surface area contributed by atoms with Gasteiger partial charge in [0.05, 0.1) is 13.4 Å². The molecular weight excluding hydrogens is 276 g/mol. The molecule has 1 aromatic rings. The molecule has 0 fully saturated rings. The second-order valence-electron chi connectivity index (χ2n) is 7.40. The number of allylic oxidation sites excluding steroid dienone is 2. The van der Waals surface area contributed by atoms with Crippen molar-refractivity contribution in [1.82, 2.24) is 0 Å². The molecule has 1 nitrogen and oxygen atoms in total. The lowest BCUT2D eigenvalue weighted by molar-refractivity contribution is 0.379. The zero-order chi connectivity index (χ0) is 14.8. The second kappa shape index (κ2) is 5.90. The van der Waals surface area contributed by atoms with Crippen molar-refractivity contribution >= 4 is 15.4 Å². The van der Waals surface area contributed by atoms with E-state index in [4.69, 9.17) is 4.43 Å². The van der Waals surface area contributed by atoms with Crippen LogP contribution in [0.1, 0.15) is 30.7 Å². The largest absolute Gasteiger partial charge is 0.550 e. The Hall–Kier alpha value is -0.806. The quantitative estimate of drug-likeness (QED) is 0.670. The topological polar surface area (TPSA) is 9.23 Å². The van der Waals surface area contributed by atoms with E-state index in [1.807, 2.05) is 0 Å². The zero-order valence-corrected chi connectivity index (χ0v) is 15.6. The maximum absolute atomic E-state index is 6.56. The number of rotatable bonds is 4. The first kappa shape index (κ1) is 15.6. The fraction of sp³-hybridized carbons (Fsp3) is 0.529. The summed E-state index contributed by atoms with van der Waals surface area (Å²) in [6, 6.07) is 10.9. The van der Waals surface area contributed by atoms with Crippen LogP contribution in [0.25, 0.3) is 0 Å². The van der Waals surface area contributed by atoms with Crippen LogP contribution in [0.3, 0.4) is 0 Å². The molecule has 0 bridgehead atoms. The molecule has 0 amide bonds. The highest BCUT2D eigenvalue weighted by Crippen LogP contribution is 2.34. The average Bonchev–Trinajstić information content (AvgIpc) is 2.38. The molecule has 1 aromatic carbocycles. The van der Waals surface area contributed by atoms with Crippen molar-refractivity contribution in [2.24, 2.45) is 0 Å². The normalized spacial score (nSPS) is 20.4. The number of hydrogen-bond donors (Lipinski definition) is 0. The monoisotopic (exact) mass is 304 g/mol. The smallest absolute Gasteiger partial charge is 0.228 e. The van der Waals surface area contributed by atoms with Crippen LogP contribution in [0.4, 0.5) is 0 Å². The fourth-order valence-electron chi connectivity index (χ4n) is 2.42. The Bertz CT molecular complexity index is 472. The van der Waals surface area contributed by atoms with E-state index in [0.29, 0.717) is 5.92 Å². The van der Waals surface area contributed by atoms with Gasteiger partial charge in [-0.25, -0.2) is 0 Å². The first-order chi connectivity index (χ1) is 9.29. The van der Waals surface area contributed by atoms with Gasteiger partial charge in [0.15, 0.2) is 0 Å². The van der Waals surface area contributed by atoms with Crippen molar-refractivity contribution in [2.75, 3.05) is 0 Å². The molecule has 20 heavy (non-hydrogen) atoms. The zero-order valence-electron chi connectivity index (χ0n) is 13.6. The third kappa shape index (κ3) is 3.64. The van der Waals surface area contributed by atoms with E-state index >= 15 is 0 Å². The molecule has 0 heterocycles. The van der Waals surface area contributed by atoms with Gasteiger partial charge in [-0.1, -0.05) is 50.0 Å². The Labute approximate surface area is 126 Å². The van der Waals surface area contributed by atoms with E-state index in [1.54, 1.807) is 0 Å². The predicted molar refractivity (Wildman–Crippen MR) is 93.0 cm³/mol. The highest BCUT2D eigenvalue weighted by atomic mass is 29.3. The van der Waals surface area contributed by atoms with Gasteiger partial charge in [-0.2, -0.15) is 0 Å². The van der Waals surface area contributed by atoms with Crippen LogP contribution in [0.5, 0.6) is 0 Å². The van der Waals surface area contributed by atoms with Gasteiger partial charge in [0.1, 0.15) is 0 Å². The molecule has 0 aromatic heterocycles. The Morgan fingerprint density at radius 2 is 1.65 bits per heavy atom. The number of benzene rings is 1. The van der Waals surface area contributed by atoms with Gasteiger partial charge < -0.3 is 4.43 Å². The fourth-order valence-corrected chi connectivity index (χ4v) is 4.86. The molecule has 0 N–H and O–H groups in total. The Morgan fingerprint density at radius 1 is 1.00 bits per heavy atom. The van der Waals surface area contributed by atoms with Crippen LogP contribution in [0.2, 0.25) is 32.7 Å². The van der Waals surface area contributed by atoms with Crippen molar-refractivity contribution in [3.05, 3.63) is 47.7 Å². The van der Waals surface area contributed by atoms with Gasteiger partial charge in [-0.05, 0) is 37.6 Å². The minimum absolute atomic E-state index is 0.548. The third-order valence-corrected chi connectivity index (χ3v) is 20.3. The van der Waals surface area contributed by atoms with E-state index in [9.17, 15) is 0 Å². The summed E-state index contributed by atoms with van der Waals surface area (Å²) < 4.78 is 6.56. The van der Waals surface area contributed by atoms with Crippen molar-refractivity contribution in [2.45, 2.75) is 57.9 Å². The van der Waals surface area contributed by atoms with Gasteiger partial charge in [-0.15, -0.1) is 0 Å². The van der Waals surface area contributed by atoms with Crippen LogP contribution in [0.15, 0.2) is 42.2 Å². The summed E-state index contributed by atoms with van der Waals surface area (Å²) in [5.41, 5.74) is 1.43. The lowest BCUT2D eigenvalue weighted by atomic mass is 9.89. The SMILES string of the molecule is C[Si](C)(C)[Si](C)(C)OC1=C[C@@H](c2ccccc2)CCC1. The van der Waals surface area contributed by atoms with E-state index in [1.165, 1.54) is 24.2 Å². The van der Waals surface area contributed by atoms with Crippen LogP contribution < -0.4 is 0 Å². The van der Waals surface area contributed by atoms with Crippen molar-refractivity contribution in [1.29, 1.82) is 0 Å². The lowest BCUT2D eigenvalue weighted by Crippen LogP contribution is -2.54. The van der Waals surface area contributed by atoms with Crippen molar-refractivity contribution in [3.63, 3.8) is 0 Å². The molecule has 3 heteroatoms.